The second-order valence-electron chi connectivity index (χ2n) is 2.46. The molecule has 0 N–H and O–H groups in total. The summed E-state index contributed by atoms with van der Waals surface area (Å²) < 4.78 is 24.6. The molecule has 0 radical (unpaired) electrons. The van der Waals surface area contributed by atoms with E-state index in [4.69, 9.17) is 0 Å². The van der Waals surface area contributed by atoms with E-state index in [2.05, 4.69) is 20.9 Å². The summed E-state index contributed by atoms with van der Waals surface area (Å²) in [6.45, 7) is 1.78. The van der Waals surface area contributed by atoms with E-state index in [9.17, 15) is 8.78 Å². The fourth-order valence-corrected chi connectivity index (χ4v) is 1.42. The van der Waals surface area contributed by atoms with Gasteiger partial charge in [-0.05, 0) is 18.6 Å². The summed E-state index contributed by atoms with van der Waals surface area (Å²) >= 11 is 3.15. The molecule has 0 bridgehead atoms. The molecule has 1 nitrogen and oxygen atoms in total. The van der Waals surface area contributed by atoms with Gasteiger partial charge < -0.3 is 0 Å². The van der Waals surface area contributed by atoms with Crippen LogP contribution in [0.2, 0.25) is 0 Å². The average Bonchev–Trinajstić information content (AvgIpc) is 2.03. The first kappa shape index (κ1) is 9.58. The molecule has 66 valence electrons. The zero-order chi connectivity index (χ0) is 9.14. The highest BCUT2D eigenvalue weighted by Gasteiger charge is 2.12. The van der Waals surface area contributed by atoms with Crippen LogP contribution in [0, 0.1) is 6.92 Å². The molecule has 1 heterocycles. The first-order valence-corrected chi connectivity index (χ1v) is 4.57. The Morgan fingerprint density at radius 2 is 2.25 bits per heavy atom. The van der Waals surface area contributed by atoms with Gasteiger partial charge in [0.15, 0.2) is 0 Å². The Labute approximate surface area is 77.9 Å². The zero-order valence-corrected chi connectivity index (χ0v) is 8.11. The number of aromatic nitrogens is 1. The maximum Gasteiger partial charge on any atom is 0.265 e. The fourth-order valence-electron chi connectivity index (χ4n) is 0.939. The number of pyridine rings is 1. The predicted molar refractivity (Wildman–Crippen MR) is 46.6 cm³/mol. The molecule has 12 heavy (non-hydrogen) atoms. The van der Waals surface area contributed by atoms with E-state index in [1.165, 1.54) is 6.20 Å². The van der Waals surface area contributed by atoms with Gasteiger partial charge in [0, 0.05) is 22.8 Å². The lowest BCUT2D eigenvalue weighted by atomic mass is 10.1. The van der Waals surface area contributed by atoms with Gasteiger partial charge in [-0.1, -0.05) is 15.9 Å². The van der Waals surface area contributed by atoms with Crippen LogP contribution in [0.4, 0.5) is 8.78 Å². The van der Waals surface area contributed by atoms with Crippen LogP contribution in [-0.4, -0.2) is 4.98 Å². The van der Waals surface area contributed by atoms with Crippen LogP contribution in [-0.2, 0) is 5.33 Å². The number of nitrogens with zero attached hydrogens (tertiary/aromatic N) is 1. The minimum absolute atomic E-state index is 0.0116. The summed E-state index contributed by atoms with van der Waals surface area (Å²) in [7, 11) is 0. The van der Waals surface area contributed by atoms with E-state index in [1.807, 2.05) is 0 Å². The molecule has 0 aromatic carbocycles. The number of hydrogen-bond acceptors (Lipinski definition) is 1. The van der Waals surface area contributed by atoms with Crippen LogP contribution < -0.4 is 0 Å². The smallest absolute Gasteiger partial charge is 0.261 e. The summed E-state index contributed by atoms with van der Waals surface area (Å²) in [5, 5.41) is 0.441. The van der Waals surface area contributed by atoms with Gasteiger partial charge in [-0.15, -0.1) is 0 Å². The Morgan fingerprint density at radius 3 is 2.75 bits per heavy atom. The molecule has 1 rings (SSSR count). The molecule has 0 amide bonds. The fraction of sp³-hybridized carbons (Fsp3) is 0.375. The molecule has 0 saturated carbocycles. The predicted octanol–water partition coefficient (Wildman–Crippen LogP) is 3.22. The highest BCUT2D eigenvalue weighted by Crippen LogP contribution is 2.23. The van der Waals surface area contributed by atoms with Gasteiger partial charge in [0.2, 0.25) is 0 Å². The van der Waals surface area contributed by atoms with Crippen LogP contribution in [0.3, 0.4) is 0 Å². The summed E-state index contributed by atoms with van der Waals surface area (Å²) in [6, 6.07) is 1.66. The topological polar surface area (TPSA) is 12.9 Å². The molecule has 0 aliphatic rings. The molecule has 1 aromatic heterocycles. The minimum Gasteiger partial charge on any atom is -0.261 e. The van der Waals surface area contributed by atoms with Crippen molar-refractivity contribution >= 4 is 15.9 Å². The Hall–Kier alpha value is -0.510. The van der Waals surface area contributed by atoms with Crippen LogP contribution in [0.5, 0.6) is 0 Å². The van der Waals surface area contributed by atoms with Crippen molar-refractivity contribution in [2.24, 2.45) is 0 Å². The highest BCUT2D eigenvalue weighted by atomic mass is 79.9. The van der Waals surface area contributed by atoms with Crippen LogP contribution in [0.15, 0.2) is 12.3 Å². The number of alkyl halides is 3. The van der Waals surface area contributed by atoms with E-state index in [1.54, 1.807) is 13.0 Å². The molecule has 0 aliphatic heterocycles. The van der Waals surface area contributed by atoms with Gasteiger partial charge in [-0.25, -0.2) is 8.78 Å². The lowest BCUT2D eigenvalue weighted by molar-refractivity contribution is 0.150. The third-order valence-electron chi connectivity index (χ3n) is 1.54. The van der Waals surface area contributed by atoms with Crippen molar-refractivity contribution in [2.75, 3.05) is 0 Å². The normalized spacial score (nSPS) is 10.8. The van der Waals surface area contributed by atoms with Gasteiger partial charge in [0.25, 0.3) is 6.43 Å². The van der Waals surface area contributed by atoms with Crippen molar-refractivity contribution in [2.45, 2.75) is 18.7 Å². The number of halogens is 3. The quantitative estimate of drug-likeness (QED) is 0.718. The number of aryl methyl sites for hydroxylation is 1. The van der Waals surface area contributed by atoms with Gasteiger partial charge in [-0.3, -0.25) is 4.98 Å². The van der Waals surface area contributed by atoms with Crippen molar-refractivity contribution in [3.63, 3.8) is 0 Å². The number of rotatable bonds is 2. The van der Waals surface area contributed by atoms with Gasteiger partial charge in [0.1, 0.15) is 0 Å². The lowest BCUT2D eigenvalue weighted by Gasteiger charge is -2.05. The van der Waals surface area contributed by atoms with Gasteiger partial charge >= 0.3 is 0 Å². The first-order chi connectivity index (χ1) is 5.65. The largest absolute Gasteiger partial charge is 0.265 e. The molecule has 4 heteroatoms. The van der Waals surface area contributed by atoms with Crippen molar-refractivity contribution in [1.29, 1.82) is 0 Å². The minimum atomic E-state index is -2.44. The Balaban J connectivity index is 3.11. The van der Waals surface area contributed by atoms with Gasteiger partial charge in [-0.2, -0.15) is 0 Å². The summed E-state index contributed by atoms with van der Waals surface area (Å²) in [5.74, 6) is 0. The molecule has 0 fully saturated rings. The molecule has 0 saturated heterocycles. The monoisotopic (exact) mass is 235 g/mol. The lowest BCUT2D eigenvalue weighted by Crippen LogP contribution is -1.95. The van der Waals surface area contributed by atoms with E-state index in [0.29, 0.717) is 10.9 Å². The first-order valence-electron chi connectivity index (χ1n) is 3.44. The van der Waals surface area contributed by atoms with Crippen molar-refractivity contribution in [3.05, 3.63) is 29.1 Å². The molecule has 0 aliphatic carbocycles. The summed E-state index contributed by atoms with van der Waals surface area (Å²) in [6.07, 6.45) is -1.21. The summed E-state index contributed by atoms with van der Waals surface area (Å²) in [5.41, 5.74) is 1.38. The Morgan fingerprint density at radius 1 is 1.58 bits per heavy atom. The number of hydrogen-bond donors (Lipinski definition) is 0. The van der Waals surface area contributed by atoms with Crippen molar-refractivity contribution in [3.8, 4) is 0 Å². The van der Waals surface area contributed by atoms with E-state index in [-0.39, 0.29) is 5.56 Å². The van der Waals surface area contributed by atoms with Gasteiger partial charge in [0.05, 0.1) is 0 Å². The van der Waals surface area contributed by atoms with Crippen LogP contribution >= 0.6 is 15.9 Å². The molecule has 1 aromatic rings. The third-order valence-corrected chi connectivity index (χ3v) is 2.14. The zero-order valence-electron chi connectivity index (χ0n) is 6.52. The Bertz CT molecular complexity index is 276. The maximum atomic E-state index is 12.3. The van der Waals surface area contributed by atoms with E-state index in [0.717, 1.165) is 5.69 Å². The summed E-state index contributed by atoms with van der Waals surface area (Å²) in [4.78, 5) is 3.81. The molecule has 0 unspecified atom stereocenters. The SMILES string of the molecule is Cc1cc(CBr)c(C(F)F)cn1. The van der Waals surface area contributed by atoms with Crippen molar-refractivity contribution < 1.29 is 8.78 Å². The van der Waals surface area contributed by atoms with Crippen LogP contribution in [0.1, 0.15) is 23.2 Å². The maximum absolute atomic E-state index is 12.3. The van der Waals surface area contributed by atoms with E-state index < -0.39 is 6.43 Å². The third kappa shape index (κ3) is 2.00. The highest BCUT2D eigenvalue weighted by molar-refractivity contribution is 9.08. The molecular formula is C8H8BrF2N. The average molecular weight is 236 g/mol. The molecular weight excluding hydrogens is 228 g/mol. The second kappa shape index (κ2) is 3.94. The second-order valence-corrected chi connectivity index (χ2v) is 3.02. The molecule has 0 spiro atoms. The molecule has 0 atom stereocenters. The van der Waals surface area contributed by atoms with Crippen LogP contribution in [0.25, 0.3) is 0 Å². The van der Waals surface area contributed by atoms with E-state index >= 15 is 0 Å². The van der Waals surface area contributed by atoms with Crippen molar-refractivity contribution in [1.82, 2.24) is 4.98 Å². The Kier molecular flexibility index (Phi) is 3.14. The standard InChI is InChI=1S/C8H8BrF2N/c1-5-2-6(3-9)7(4-12-5)8(10)11/h2,4,8H,3H2,1H3.